The fourth-order valence-corrected chi connectivity index (χ4v) is 4.18. The monoisotopic (exact) mass is 465 g/mol. The smallest absolute Gasteiger partial charge is 0.344 e. The second-order valence-electron chi connectivity index (χ2n) is 8.36. The molecule has 1 spiro atoms. The van der Waals surface area contributed by atoms with Crippen LogP contribution < -0.4 is 26.1 Å². The van der Waals surface area contributed by atoms with Crippen molar-refractivity contribution in [2.24, 2.45) is 0 Å². The SMILES string of the molecule is COc1ccc(NC(=O)c2ccc(NCC(=O)NN3C(=O)NC4(CCCCC4)C3=O)cc2)cc1. The summed E-state index contributed by atoms with van der Waals surface area (Å²) in [6, 6.07) is 13.0. The molecule has 1 heterocycles. The van der Waals surface area contributed by atoms with Crippen LogP contribution >= 0.6 is 0 Å². The van der Waals surface area contributed by atoms with E-state index in [0.717, 1.165) is 24.3 Å². The van der Waals surface area contributed by atoms with Crippen LogP contribution in [0.2, 0.25) is 0 Å². The van der Waals surface area contributed by atoms with Gasteiger partial charge in [0, 0.05) is 16.9 Å². The summed E-state index contributed by atoms with van der Waals surface area (Å²) >= 11 is 0. The van der Waals surface area contributed by atoms with Gasteiger partial charge in [-0.05, 0) is 61.4 Å². The summed E-state index contributed by atoms with van der Waals surface area (Å²) in [5.74, 6) is -0.513. The van der Waals surface area contributed by atoms with Gasteiger partial charge in [-0.15, -0.1) is 0 Å². The van der Waals surface area contributed by atoms with E-state index in [4.69, 9.17) is 4.74 Å². The minimum Gasteiger partial charge on any atom is -0.497 e. The van der Waals surface area contributed by atoms with Crippen LogP contribution in [0.3, 0.4) is 0 Å². The van der Waals surface area contributed by atoms with Crippen LogP contribution in [0.1, 0.15) is 42.5 Å². The summed E-state index contributed by atoms with van der Waals surface area (Å²) in [6.07, 6.45) is 3.93. The highest BCUT2D eigenvalue weighted by Gasteiger charge is 2.52. The number of benzene rings is 2. The number of rotatable bonds is 7. The Bertz CT molecular complexity index is 1080. The summed E-state index contributed by atoms with van der Waals surface area (Å²) < 4.78 is 5.10. The molecule has 2 aromatic rings. The summed E-state index contributed by atoms with van der Waals surface area (Å²) in [6.45, 7) is -0.151. The number of hydrogen-bond acceptors (Lipinski definition) is 6. The first kappa shape index (κ1) is 23.1. The molecule has 4 rings (SSSR count). The molecule has 4 N–H and O–H groups in total. The van der Waals surface area contributed by atoms with Gasteiger partial charge < -0.3 is 20.7 Å². The lowest BCUT2D eigenvalue weighted by Gasteiger charge is -2.30. The van der Waals surface area contributed by atoms with E-state index in [1.54, 1.807) is 55.6 Å². The van der Waals surface area contributed by atoms with E-state index in [0.29, 0.717) is 35.5 Å². The van der Waals surface area contributed by atoms with E-state index >= 15 is 0 Å². The molecule has 1 aliphatic heterocycles. The molecular formula is C24H27N5O5. The number of carbonyl (C=O) groups is 4. The molecule has 0 atom stereocenters. The van der Waals surface area contributed by atoms with Crippen molar-refractivity contribution in [2.75, 3.05) is 24.3 Å². The van der Waals surface area contributed by atoms with Crippen LogP contribution in [-0.4, -0.2) is 48.0 Å². The van der Waals surface area contributed by atoms with Gasteiger partial charge in [-0.3, -0.25) is 19.8 Å². The normalized spacial score (nSPS) is 16.7. The molecular weight excluding hydrogens is 438 g/mol. The van der Waals surface area contributed by atoms with Crippen molar-refractivity contribution in [3.8, 4) is 5.75 Å². The van der Waals surface area contributed by atoms with Crippen LogP contribution in [0.5, 0.6) is 5.75 Å². The number of urea groups is 1. The summed E-state index contributed by atoms with van der Waals surface area (Å²) in [5.41, 5.74) is 3.19. The maximum Gasteiger partial charge on any atom is 0.344 e. The molecule has 0 radical (unpaired) electrons. The lowest BCUT2D eigenvalue weighted by atomic mass is 9.82. The van der Waals surface area contributed by atoms with Crippen molar-refractivity contribution in [1.82, 2.24) is 15.8 Å². The summed E-state index contributed by atoms with van der Waals surface area (Å²) in [7, 11) is 1.57. The first-order valence-electron chi connectivity index (χ1n) is 11.2. The molecule has 0 bridgehead atoms. The first-order valence-corrected chi connectivity index (χ1v) is 11.2. The molecule has 1 aliphatic carbocycles. The van der Waals surface area contributed by atoms with E-state index in [1.165, 1.54) is 0 Å². The minimum absolute atomic E-state index is 0.151. The molecule has 2 aliphatic rings. The molecule has 1 saturated carbocycles. The van der Waals surface area contributed by atoms with E-state index in [1.807, 2.05) is 0 Å². The molecule has 10 nitrogen and oxygen atoms in total. The maximum absolute atomic E-state index is 12.7. The number of carbonyl (C=O) groups excluding carboxylic acids is 4. The number of nitrogens with zero attached hydrogens (tertiary/aromatic N) is 1. The van der Waals surface area contributed by atoms with Gasteiger partial charge in [0.05, 0.1) is 13.7 Å². The van der Waals surface area contributed by atoms with Crippen molar-refractivity contribution >= 4 is 35.1 Å². The van der Waals surface area contributed by atoms with Gasteiger partial charge in [0.25, 0.3) is 17.7 Å². The highest BCUT2D eigenvalue weighted by Crippen LogP contribution is 2.33. The average Bonchev–Trinajstić information content (AvgIpc) is 3.07. The molecule has 178 valence electrons. The van der Waals surface area contributed by atoms with Crippen LogP contribution in [-0.2, 0) is 9.59 Å². The Morgan fingerprint density at radius 3 is 2.26 bits per heavy atom. The van der Waals surface area contributed by atoms with Crippen molar-refractivity contribution in [1.29, 1.82) is 0 Å². The number of anilines is 2. The third-order valence-electron chi connectivity index (χ3n) is 6.05. The Labute approximate surface area is 197 Å². The van der Waals surface area contributed by atoms with Gasteiger partial charge in [0.1, 0.15) is 11.3 Å². The van der Waals surface area contributed by atoms with Gasteiger partial charge in [0.15, 0.2) is 0 Å². The Morgan fingerprint density at radius 1 is 0.971 bits per heavy atom. The minimum atomic E-state index is -0.891. The third-order valence-corrected chi connectivity index (χ3v) is 6.05. The standard InChI is InChI=1S/C24H27N5O5/c1-34-19-11-9-18(10-12-19)26-21(31)16-5-7-17(8-6-16)25-15-20(30)28-29-22(32)24(27-23(29)33)13-3-2-4-14-24/h5-12,25H,2-4,13-15H2,1H3,(H,26,31)(H,27,33)(H,28,30). The van der Waals surface area contributed by atoms with E-state index in [9.17, 15) is 19.2 Å². The number of imide groups is 1. The van der Waals surface area contributed by atoms with Crippen molar-refractivity contribution in [3.05, 3.63) is 54.1 Å². The van der Waals surface area contributed by atoms with Gasteiger partial charge in [-0.25, -0.2) is 4.79 Å². The van der Waals surface area contributed by atoms with Crippen LogP contribution in [0.15, 0.2) is 48.5 Å². The zero-order valence-electron chi connectivity index (χ0n) is 18.8. The first-order chi connectivity index (χ1) is 16.4. The average molecular weight is 466 g/mol. The quantitative estimate of drug-likeness (QED) is 0.466. The molecule has 10 heteroatoms. The van der Waals surface area contributed by atoms with Gasteiger partial charge >= 0.3 is 6.03 Å². The van der Waals surface area contributed by atoms with Gasteiger partial charge in [-0.2, -0.15) is 5.01 Å². The Kier molecular flexibility index (Phi) is 6.67. The predicted molar refractivity (Wildman–Crippen MR) is 125 cm³/mol. The summed E-state index contributed by atoms with van der Waals surface area (Å²) in [5, 5.41) is 9.24. The maximum atomic E-state index is 12.7. The van der Waals surface area contributed by atoms with Gasteiger partial charge in [-0.1, -0.05) is 19.3 Å². The third kappa shape index (κ3) is 4.95. The second kappa shape index (κ2) is 9.82. The predicted octanol–water partition coefficient (Wildman–Crippen LogP) is 2.65. The number of hydrogen-bond donors (Lipinski definition) is 4. The lowest BCUT2D eigenvalue weighted by Crippen LogP contribution is -2.51. The largest absolute Gasteiger partial charge is 0.497 e. The number of hydrazine groups is 1. The molecule has 5 amide bonds. The molecule has 1 saturated heterocycles. The molecule has 0 aromatic heterocycles. The van der Waals surface area contributed by atoms with E-state index in [-0.39, 0.29) is 12.5 Å². The zero-order chi connectivity index (χ0) is 24.1. The van der Waals surface area contributed by atoms with Crippen LogP contribution in [0, 0.1) is 0 Å². The lowest BCUT2D eigenvalue weighted by molar-refractivity contribution is -0.139. The van der Waals surface area contributed by atoms with Gasteiger partial charge in [0.2, 0.25) is 0 Å². The van der Waals surface area contributed by atoms with E-state index < -0.39 is 23.4 Å². The number of nitrogens with one attached hydrogen (secondary N) is 4. The highest BCUT2D eigenvalue weighted by atomic mass is 16.5. The Balaban J connectivity index is 1.27. The highest BCUT2D eigenvalue weighted by molar-refractivity contribution is 6.08. The van der Waals surface area contributed by atoms with Crippen molar-refractivity contribution in [3.63, 3.8) is 0 Å². The fourth-order valence-electron chi connectivity index (χ4n) is 4.18. The number of methoxy groups -OCH3 is 1. The van der Waals surface area contributed by atoms with E-state index in [2.05, 4.69) is 21.4 Å². The van der Waals surface area contributed by atoms with Crippen LogP contribution in [0.4, 0.5) is 16.2 Å². The second-order valence-corrected chi connectivity index (χ2v) is 8.36. The Morgan fingerprint density at radius 2 is 1.62 bits per heavy atom. The molecule has 2 aromatic carbocycles. The van der Waals surface area contributed by atoms with Crippen molar-refractivity contribution in [2.45, 2.75) is 37.6 Å². The Hall–Kier alpha value is -4.08. The zero-order valence-corrected chi connectivity index (χ0v) is 18.8. The molecule has 34 heavy (non-hydrogen) atoms. The van der Waals surface area contributed by atoms with Crippen molar-refractivity contribution < 1.29 is 23.9 Å². The van der Waals surface area contributed by atoms with Crippen LogP contribution in [0.25, 0.3) is 0 Å². The molecule has 2 fully saturated rings. The topological polar surface area (TPSA) is 129 Å². The number of amides is 5. The number of ether oxygens (including phenoxy) is 1. The molecule has 0 unspecified atom stereocenters. The fraction of sp³-hybridized carbons (Fsp3) is 0.333. The summed E-state index contributed by atoms with van der Waals surface area (Å²) in [4.78, 5) is 49.7.